The quantitative estimate of drug-likeness (QED) is 0.228. The summed E-state index contributed by atoms with van der Waals surface area (Å²) in [6.45, 7) is 3.95. The fraction of sp³-hybridized carbons (Fsp3) is 0.467. The lowest BCUT2D eigenvalue weighted by atomic mass is 9.98. The number of rotatable bonds is 8. The van der Waals surface area contributed by atoms with Crippen LogP contribution in [-0.2, 0) is 27.4 Å². The highest BCUT2D eigenvalue weighted by atomic mass is 16.7. The summed E-state index contributed by atoms with van der Waals surface area (Å²) in [6, 6.07) is 14.4. The number of benzene rings is 2. The predicted octanol–water partition coefficient (Wildman–Crippen LogP) is 1.49. The number of aromatic nitrogens is 3. The molecule has 2 aliphatic rings. The number of hydrogen-bond donors (Lipinski definition) is 4. The zero-order chi connectivity index (χ0) is 29.8. The Morgan fingerprint density at radius 3 is 2.57 bits per heavy atom. The molecule has 222 valence electrons. The van der Waals surface area contributed by atoms with Gasteiger partial charge in [0.2, 0.25) is 0 Å². The number of piperidine rings is 1. The minimum atomic E-state index is -1.45. The molecule has 0 radical (unpaired) electrons. The second-order valence-electron chi connectivity index (χ2n) is 10.8. The molecule has 2 fully saturated rings. The number of nitrogens with one attached hydrogen (secondary N) is 1. The van der Waals surface area contributed by atoms with E-state index in [0.29, 0.717) is 11.3 Å². The average molecular weight is 577 g/mol. The maximum Gasteiger partial charge on any atom is 0.262 e. The van der Waals surface area contributed by atoms with E-state index < -0.39 is 36.6 Å². The Morgan fingerprint density at radius 1 is 1.10 bits per heavy atom. The van der Waals surface area contributed by atoms with Gasteiger partial charge in [0.1, 0.15) is 41.8 Å². The van der Waals surface area contributed by atoms with Crippen molar-refractivity contribution in [3.8, 4) is 6.07 Å². The van der Waals surface area contributed by atoms with Gasteiger partial charge in [-0.25, -0.2) is 4.68 Å². The first-order chi connectivity index (χ1) is 20.3. The largest absolute Gasteiger partial charge is 0.388 e. The van der Waals surface area contributed by atoms with Gasteiger partial charge in [0, 0.05) is 25.9 Å². The summed E-state index contributed by atoms with van der Waals surface area (Å²) >= 11 is 0. The van der Waals surface area contributed by atoms with E-state index in [1.54, 1.807) is 13.1 Å². The Kier molecular flexibility index (Phi) is 9.15. The number of methoxy groups -OCH3 is 1. The number of carbonyl (C=O) groups is 1. The van der Waals surface area contributed by atoms with E-state index in [1.807, 2.05) is 24.3 Å². The Balaban J connectivity index is 1.23. The molecule has 2 aliphatic heterocycles. The van der Waals surface area contributed by atoms with Crippen molar-refractivity contribution in [3.05, 3.63) is 59.4 Å². The highest BCUT2D eigenvalue weighted by molar-refractivity contribution is 6.05. The summed E-state index contributed by atoms with van der Waals surface area (Å²) in [5.74, 6) is -0.531. The molecule has 2 aromatic carbocycles. The van der Waals surface area contributed by atoms with Crippen molar-refractivity contribution < 1.29 is 29.6 Å². The van der Waals surface area contributed by atoms with E-state index in [9.17, 15) is 25.4 Å². The first kappa shape index (κ1) is 29.6. The molecule has 1 aromatic heterocycles. The van der Waals surface area contributed by atoms with Gasteiger partial charge in [-0.2, -0.15) is 5.26 Å². The van der Waals surface area contributed by atoms with Crippen molar-refractivity contribution in [3.63, 3.8) is 0 Å². The molecule has 1 amide bonds. The number of amides is 1. The fourth-order valence-electron chi connectivity index (χ4n) is 5.48. The van der Waals surface area contributed by atoms with Gasteiger partial charge in [-0.1, -0.05) is 23.4 Å². The lowest BCUT2D eigenvalue weighted by Crippen LogP contribution is -2.58. The number of aliphatic hydroxyl groups excluding tert-OH is 3. The van der Waals surface area contributed by atoms with Crippen LogP contribution in [-0.4, -0.2) is 87.1 Å². The van der Waals surface area contributed by atoms with Gasteiger partial charge in [-0.15, -0.1) is 5.10 Å². The Labute approximate surface area is 243 Å². The lowest BCUT2D eigenvalue weighted by Gasteiger charge is -2.39. The Hall–Kier alpha value is -3.86. The maximum atomic E-state index is 13.0. The molecule has 0 aliphatic carbocycles. The third-order valence-corrected chi connectivity index (χ3v) is 7.98. The van der Waals surface area contributed by atoms with Crippen LogP contribution in [0.4, 0.5) is 5.69 Å². The van der Waals surface area contributed by atoms with Crippen LogP contribution in [0.3, 0.4) is 0 Å². The van der Waals surface area contributed by atoms with Crippen LogP contribution in [0.5, 0.6) is 0 Å². The van der Waals surface area contributed by atoms with E-state index in [4.69, 9.17) is 9.47 Å². The van der Waals surface area contributed by atoms with Gasteiger partial charge < -0.3 is 35.0 Å². The number of nitriles is 1. The van der Waals surface area contributed by atoms with E-state index in [2.05, 4.69) is 38.7 Å². The van der Waals surface area contributed by atoms with Crippen molar-refractivity contribution in [2.75, 3.05) is 25.1 Å². The van der Waals surface area contributed by atoms with Crippen LogP contribution < -0.4 is 10.2 Å². The zero-order valence-electron chi connectivity index (χ0n) is 23.7. The second-order valence-corrected chi connectivity index (χ2v) is 10.8. The molecule has 5 rings (SSSR count). The second kappa shape index (κ2) is 13.0. The van der Waals surface area contributed by atoms with Crippen LogP contribution in [0.2, 0.25) is 0 Å². The average Bonchev–Trinajstić information content (AvgIpc) is 3.47. The summed E-state index contributed by atoms with van der Waals surface area (Å²) in [5, 5.41) is 53.0. The molecule has 42 heavy (non-hydrogen) atoms. The molecule has 12 nitrogen and oxygen atoms in total. The number of fused-ring (bicyclic) bond motifs is 1. The van der Waals surface area contributed by atoms with Crippen LogP contribution in [0, 0.1) is 11.3 Å². The molecule has 0 unspecified atom stereocenters. The summed E-state index contributed by atoms with van der Waals surface area (Å²) in [6.07, 6.45) is -0.954. The first-order valence-corrected chi connectivity index (χ1v) is 14.1. The van der Waals surface area contributed by atoms with Crippen molar-refractivity contribution in [1.82, 2.24) is 20.3 Å². The van der Waals surface area contributed by atoms with Crippen molar-refractivity contribution >= 4 is 27.9 Å². The van der Waals surface area contributed by atoms with Gasteiger partial charge in [0.15, 0.2) is 6.29 Å². The Morgan fingerprint density at radius 2 is 1.83 bits per heavy atom. The minimum Gasteiger partial charge on any atom is -0.388 e. The van der Waals surface area contributed by atoms with Gasteiger partial charge >= 0.3 is 0 Å². The Bertz CT molecular complexity index is 1490. The zero-order valence-corrected chi connectivity index (χ0v) is 23.7. The van der Waals surface area contributed by atoms with Crippen LogP contribution in [0.1, 0.15) is 37.4 Å². The molecule has 12 heteroatoms. The summed E-state index contributed by atoms with van der Waals surface area (Å²) < 4.78 is 11.9. The summed E-state index contributed by atoms with van der Waals surface area (Å²) in [4.78, 5) is 15.4. The third kappa shape index (κ3) is 6.30. The molecule has 0 spiro atoms. The molecule has 2 saturated heterocycles. The smallest absolute Gasteiger partial charge is 0.262 e. The molecule has 0 saturated carbocycles. The highest BCUT2D eigenvalue weighted by Gasteiger charge is 2.44. The number of aliphatic hydroxyl groups is 3. The SMILES string of the molecule is CO[C@H]1O[C@H](Cn2cc(CNC(=O)/C(C#N)=C(/C)c3ccc4cc(N5CCCCC5)ccc4c3)nn2)[C@H](O)[C@H](O)[C@H]1O. The number of hydrogen-bond acceptors (Lipinski definition) is 10. The van der Waals surface area contributed by atoms with Crippen LogP contribution in [0.25, 0.3) is 16.3 Å². The number of allylic oxidation sites excluding steroid dienone is 1. The highest BCUT2D eigenvalue weighted by Crippen LogP contribution is 2.28. The molecule has 5 atom stereocenters. The van der Waals surface area contributed by atoms with Gasteiger partial charge in [0.05, 0.1) is 19.3 Å². The van der Waals surface area contributed by atoms with Gasteiger partial charge in [-0.05, 0) is 66.3 Å². The van der Waals surface area contributed by atoms with Crippen molar-refractivity contribution in [1.29, 1.82) is 5.26 Å². The molecule has 3 aromatic rings. The molecular weight excluding hydrogens is 540 g/mol. The minimum absolute atomic E-state index is 0.00330. The predicted molar refractivity (Wildman–Crippen MR) is 154 cm³/mol. The lowest BCUT2D eigenvalue weighted by molar-refractivity contribution is -0.292. The van der Waals surface area contributed by atoms with E-state index in [-0.39, 0.29) is 18.7 Å². The number of ether oxygens (including phenoxy) is 2. The third-order valence-electron chi connectivity index (χ3n) is 7.98. The van der Waals surface area contributed by atoms with E-state index in [1.165, 1.54) is 36.7 Å². The maximum absolute atomic E-state index is 13.0. The van der Waals surface area contributed by atoms with E-state index in [0.717, 1.165) is 29.4 Å². The van der Waals surface area contributed by atoms with Crippen molar-refractivity contribution in [2.45, 2.75) is 70.0 Å². The summed E-state index contributed by atoms with van der Waals surface area (Å²) in [7, 11) is 1.32. The normalized spacial score (nSPS) is 25.1. The fourth-order valence-corrected chi connectivity index (χ4v) is 5.48. The standard InChI is InChI=1S/C30H36N6O6/c1-18(19-6-7-21-13-23(9-8-20(21)12-19)35-10-4-3-5-11-35)24(14-31)29(40)32-15-22-16-36(34-33-22)17-25-26(37)27(38)28(39)30(41-2)42-25/h6-9,12-13,16,25-28,30,37-39H,3-5,10-11,15,17H2,1-2H3,(H,32,40)/b24-18-/t25-,26+,27+,28-,30+/m1/s1. The van der Waals surface area contributed by atoms with Crippen LogP contribution in [0.15, 0.2) is 48.2 Å². The number of anilines is 1. The summed E-state index contributed by atoms with van der Waals surface area (Å²) in [5.41, 5.74) is 3.00. The van der Waals surface area contributed by atoms with Gasteiger partial charge in [0.25, 0.3) is 5.91 Å². The topological polar surface area (TPSA) is 166 Å². The molecule has 3 heterocycles. The van der Waals surface area contributed by atoms with Crippen molar-refractivity contribution in [2.24, 2.45) is 0 Å². The first-order valence-electron chi connectivity index (χ1n) is 14.1. The number of carbonyl (C=O) groups excluding carboxylic acids is 1. The molecule has 4 N–H and O–H groups in total. The number of nitrogens with zero attached hydrogens (tertiary/aromatic N) is 5. The molecular formula is C30H36N6O6. The molecule has 0 bridgehead atoms. The van der Waals surface area contributed by atoms with Crippen LogP contribution >= 0.6 is 0 Å². The van der Waals surface area contributed by atoms with Gasteiger partial charge in [-0.3, -0.25) is 4.79 Å². The monoisotopic (exact) mass is 576 g/mol. The van der Waals surface area contributed by atoms with E-state index >= 15 is 0 Å².